The Morgan fingerprint density at radius 1 is 1.00 bits per heavy atom. The average Bonchev–Trinajstić information content (AvgIpc) is 3.50. The molecule has 0 bridgehead atoms. The lowest BCUT2D eigenvalue weighted by Crippen LogP contribution is -2.10. The summed E-state index contributed by atoms with van der Waals surface area (Å²) in [7, 11) is 0. The molecule has 4 rings (SSSR count). The van der Waals surface area contributed by atoms with Gasteiger partial charge in [-0.25, -0.2) is 0 Å². The van der Waals surface area contributed by atoms with E-state index in [1.807, 2.05) is 5.38 Å². The topological polar surface area (TPSA) is 102 Å². The third-order valence-corrected chi connectivity index (χ3v) is 5.41. The van der Waals surface area contributed by atoms with Gasteiger partial charge in [0.05, 0.1) is 15.4 Å². The third kappa shape index (κ3) is 4.71. The second-order valence-corrected chi connectivity index (χ2v) is 7.63. The fourth-order valence-electron chi connectivity index (χ4n) is 3.03. The van der Waals surface area contributed by atoms with Crippen molar-refractivity contribution in [1.82, 2.24) is 0 Å². The molecule has 32 heavy (non-hydrogen) atoms. The van der Waals surface area contributed by atoms with Gasteiger partial charge in [-0.15, -0.1) is 11.3 Å². The van der Waals surface area contributed by atoms with E-state index in [9.17, 15) is 19.7 Å². The van der Waals surface area contributed by atoms with Crippen molar-refractivity contribution < 1.29 is 18.9 Å². The van der Waals surface area contributed by atoms with Crippen molar-refractivity contribution >= 4 is 40.5 Å². The van der Waals surface area contributed by atoms with E-state index in [0.717, 1.165) is 0 Å². The van der Waals surface area contributed by atoms with Crippen LogP contribution in [0.25, 0.3) is 17.4 Å². The van der Waals surface area contributed by atoms with Crippen molar-refractivity contribution in [2.75, 3.05) is 5.32 Å². The standard InChI is InChI=1S/C24H16N2O5S/c27-21(16-5-3-6-17(15-16)25-24(28)23-9-4-14-32-23)12-10-18-11-13-22(31-18)19-7-1-2-8-20(19)26(29)30/h1-15H,(H,25,28)/b12-10+. The lowest BCUT2D eigenvalue weighted by Gasteiger charge is -2.05. The summed E-state index contributed by atoms with van der Waals surface area (Å²) in [6.45, 7) is 0. The van der Waals surface area contributed by atoms with Crippen LogP contribution >= 0.6 is 11.3 Å². The van der Waals surface area contributed by atoms with Crippen molar-refractivity contribution in [2.45, 2.75) is 0 Å². The molecule has 0 fully saturated rings. The van der Waals surface area contributed by atoms with Gasteiger partial charge in [-0.3, -0.25) is 19.7 Å². The van der Waals surface area contributed by atoms with Crippen LogP contribution in [0.4, 0.5) is 11.4 Å². The molecule has 2 aromatic carbocycles. The van der Waals surface area contributed by atoms with Crippen LogP contribution in [0.5, 0.6) is 0 Å². The van der Waals surface area contributed by atoms with E-state index in [1.54, 1.807) is 66.7 Å². The summed E-state index contributed by atoms with van der Waals surface area (Å²) < 4.78 is 5.67. The molecule has 2 aromatic heterocycles. The Hall–Kier alpha value is -4.30. The fourth-order valence-corrected chi connectivity index (χ4v) is 3.65. The Labute approximate surface area is 186 Å². The van der Waals surface area contributed by atoms with Crippen molar-refractivity contribution in [3.63, 3.8) is 0 Å². The van der Waals surface area contributed by atoms with Gasteiger partial charge in [-0.2, -0.15) is 0 Å². The highest BCUT2D eigenvalue weighted by atomic mass is 32.1. The highest BCUT2D eigenvalue weighted by molar-refractivity contribution is 7.12. The molecule has 0 aliphatic heterocycles. The van der Waals surface area contributed by atoms with Gasteiger partial charge in [0.2, 0.25) is 0 Å². The van der Waals surface area contributed by atoms with Crippen LogP contribution < -0.4 is 5.32 Å². The number of nitrogens with one attached hydrogen (secondary N) is 1. The van der Waals surface area contributed by atoms with E-state index in [4.69, 9.17) is 4.42 Å². The molecule has 0 aliphatic carbocycles. The summed E-state index contributed by atoms with van der Waals surface area (Å²) in [6, 6.07) is 19.7. The van der Waals surface area contributed by atoms with Gasteiger partial charge in [-0.1, -0.05) is 30.3 Å². The molecule has 4 aromatic rings. The number of hydrogen-bond acceptors (Lipinski definition) is 6. The molecule has 1 amide bonds. The smallest absolute Gasteiger partial charge is 0.280 e. The first-order valence-corrected chi connectivity index (χ1v) is 10.4. The SMILES string of the molecule is O=C(/C=C/c1ccc(-c2ccccc2[N+](=O)[O-])o1)c1cccc(NC(=O)c2cccs2)c1. The number of benzene rings is 2. The van der Waals surface area contributed by atoms with Crippen molar-refractivity contribution in [3.05, 3.63) is 111 Å². The lowest BCUT2D eigenvalue weighted by molar-refractivity contribution is -0.384. The van der Waals surface area contributed by atoms with Crippen molar-refractivity contribution in [3.8, 4) is 11.3 Å². The Morgan fingerprint density at radius 3 is 2.62 bits per heavy atom. The number of amides is 1. The second-order valence-electron chi connectivity index (χ2n) is 6.69. The van der Waals surface area contributed by atoms with E-state index in [-0.39, 0.29) is 17.4 Å². The third-order valence-electron chi connectivity index (χ3n) is 4.54. The number of rotatable bonds is 7. The number of hydrogen-bond donors (Lipinski definition) is 1. The summed E-state index contributed by atoms with van der Waals surface area (Å²) >= 11 is 1.33. The largest absolute Gasteiger partial charge is 0.456 e. The first kappa shape index (κ1) is 21.0. The van der Waals surface area contributed by atoms with Crippen LogP contribution in [0.2, 0.25) is 0 Å². The zero-order valence-electron chi connectivity index (χ0n) is 16.6. The average molecular weight is 444 g/mol. The molecular weight excluding hydrogens is 428 g/mol. The summed E-state index contributed by atoms with van der Waals surface area (Å²) in [5, 5.41) is 15.8. The normalized spacial score (nSPS) is 10.9. The molecule has 8 heteroatoms. The Kier molecular flexibility index (Phi) is 6.05. The highest BCUT2D eigenvalue weighted by Crippen LogP contribution is 2.31. The van der Waals surface area contributed by atoms with E-state index < -0.39 is 4.92 Å². The number of nitro groups is 1. The molecule has 158 valence electrons. The maximum atomic E-state index is 12.6. The first-order chi connectivity index (χ1) is 15.5. The maximum Gasteiger partial charge on any atom is 0.280 e. The molecule has 0 aliphatic rings. The number of anilines is 1. The summed E-state index contributed by atoms with van der Waals surface area (Å²) in [5.74, 6) is 0.204. The number of carbonyl (C=O) groups excluding carboxylic acids is 2. The molecule has 7 nitrogen and oxygen atoms in total. The number of ketones is 1. The lowest BCUT2D eigenvalue weighted by atomic mass is 10.1. The van der Waals surface area contributed by atoms with Gasteiger partial charge in [-0.05, 0) is 53.9 Å². The van der Waals surface area contributed by atoms with Gasteiger partial charge in [0.1, 0.15) is 11.5 Å². The number of carbonyl (C=O) groups is 2. The second kappa shape index (κ2) is 9.23. The molecular formula is C24H16N2O5S. The van der Waals surface area contributed by atoms with Crippen LogP contribution in [0.1, 0.15) is 25.8 Å². The van der Waals surface area contributed by atoms with Crippen LogP contribution in [-0.4, -0.2) is 16.6 Å². The quantitative estimate of drug-likeness (QED) is 0.161. The van der Waals surface area contributed by atoms with Crippen molar-refractivity contribution in [1.29, 1.82) is 0 Å². The molecule has 0 radical (unpaired) electrons. The zero-order valence-corrected chi connectivity index (χ0v) is 17.4. The predicted molar refractivity (Wildman–Crippen MR) is 123 cm³/mol. The van der Waals surface area contributed by atoms with Crippen LogP contribution in [0.3, 0.4) is 0 Å². The van der Waals surface area contributed by atoms with E-state index in [0.29, 0.717) is 33.2 Å². The predicted octanol–water partition coefficient (Wildman–Crippen LogP) is 6.06. The molecule has 0 saturated carbocycles. The monoisotopic (exact) mass is 444 g/mol. The van der Waals surface area contributed by atoms with E-state index >= 15 is 0 Å². The molecule has 0 unspecified atom stereocenters. The highest BCUT2D eigenvalue weighted by Gasteiger charge is 2.17. The van der Waals surface area contributed by atoms with Crippen LogP contribution in [0, 0.1) is 10.1 Å². The Morgan fingerprint density at radius 2 is 1.84 bits per heavy atom. The number of para-hydroxylation sites is 1. The van der Waals surface area contributed by atoms with Gasteiger partial charge in [0.15, 0.2) is 5.78 Å². The van der Waals surface area contributed by atoms with Gasteiger partial charge in [0.25, 0.3) is 11.6 Å². The summed E-state index contributed by atoms with van der Waals surface area (Å²) in [4.78, 5) is 36.1. The number of allylic oxidation sites excluding steroid dienone is 1. The van der Waals surface area contributed by atoms with Gasteiger partial charge >= 0.3 is 0 Å². The molecule has 2 heterocycles. The van der Waals surface area contributed by atoms with E-state index in [1.165, 1.54) is 29.6 Å². The molecule has 0 atom stereocenters. The molecule has 1 N–H and O–H groups in total. The van der Waals surface area contributed by atoms with Gasteiger partial charge < -0.3 is 9.73 Å². The number of furan rings is 1. The molecule has 0 spiro atoms. The zero-order chi connectivity index (χ0) is 22.5. The first-order valence-electron chi connectivity index (χ1n) is 9.52. The minimum atomic E-state index is -0.471. The Balaban J connectivity index is 1.48. The summed E-state index contributed by atoms with van der Waals surface area (Å²) in [6.07, 6.45) is 2.85. The summed E-state index contributed by atoms with van der Waals surface area (Å²) in [5.41, 5.74) is 1.21. The minimum absolute atomic E-state index is 0.0603. The molecule has 0 saturated heterocycles. The van der Waals surface area contributed by atoms with Crippen molar-refractivity contribution in [2.24, 2.45) is 0 Å². The number of thiophene rings is 1. The van der Waals surface area contributed by atoms with Crippen LogP contribution in [0.15, 0.2) is 88.7 Å². The number of nitrogens with zero attached hydrogens (tertiary/aromatic N) is 1. The fraction of sp³-hybridized carbons (Fsp3) is 0. The Bertz CT molecular complexity index is 1320. The maximum absolute atomic E-state index is 12.6. The van der Waals surface area contributed by atoms with E-state index in [2.05, 4.69) is 5.32 Å². The van der Waals surface area contributed by atoms with Crippen LogP contribution in [-0.2, 0) is 0 Å². The minimum Gasteiger partial charge on any atom is -0.456 e. The van der Waals surface area contributed by atoms with Gasteiger partial charge in [0, 0.05) is 17.3 Å². The number of nitro benzene ring substituents is 1.